The highest BCUT2D eigenvalue weighted by Gasteiger charge is 2.23. The van der Waals surface area contributed by atoms with E-state index >= 15 is 0 Å². The van der Waals surface area contributed by atoms with Crippen molar-refractivity contribution in [2.24, 2.45) is 22.2 Å². The lowest BCUT2D eigenvalue weighted by atomic mass is 9.86. The summed E-state index contributed by atoms with van der Waals surface area (Å²) in [5.41, 5.74) is 5.44. The van der Waals surface area contributed by atoms with E-state index in [1.54, 1.807) is 7.11 Å². The van der Waals surface area contributed by atoms with Crippen LogP contribution >= 0.6 is 0 Å². The molecule has 0 aromatic heterocycles. The number of nitrogens with zero attached hydrogens (tertiary/aromatic N) is 2. The summed E-state index contributed by atoms with van der Waals surface area (Å²) in [4.78, 5) is 2.41. The lowest BCUT2D eigenvalue weighted by molar-refractivity contribution is 0.137. The van der Waals surface area contributed by atoms with E-state index in [0.29, 0.717) is 11.8 Å². The molecule has 0 atom stereocenters. The summed E-state index contributed by atoms with van der Waals surface area (Å²) >= 11 is 0. The summed E-state index contributed by atoms with van der Waals surface area (Å²) in [5.74, 6) is 0.953. The first-order valence-electron chi connectivity index (χ1n) is 7.02. The third kappa shape index (κ3) is 8.06. The predicted octanol–water partition coefficient (Wildman–Crippen LogP) is 2.14. The molecular formula is C14H31N3O2. The number of ether oxygens (including phenoxy) is 1. The monoisotopic (exact) mass is 273 g/mol. The van der Waals surface area contributed by atoms with Gasteiger partial charge in [0.05, 0.1) is 6.61 Å². The van der Waals surface area contributed by atoms with E-state index < -0.39 is 0 Å². The van der Waals surface area contributed by atoms with Crippen molar-refractivity contribution in [1.29, 1.82) is 0 Å². The molecule has 0 saturated heterocycles. The number of hydrogen-bond donors (Lipinski definition) is 2. The second kappa shape index (κ2) is 9.15. The molecule has 0 bridgehead atoms. The van der Waals surface area contributed by atoms with Gasteiger partial charge in [-0.15, -0.1) is 0 Å². The van der Waals surface area contributed by atoms with Crippen LogP contribution in [0.2, 0.25) is 0 Å². The van der Waals surface area contributed by atoms with Crippen LogP contribution in [0.5, 0.6) is 0 Å². The molecule has 0 aromatic rings. The minimum Gasteiger partial charge on any atom is -0.409 e. The first-order valence-corrected chi connectivity index (χ1v) is 7.02. The maximum Gasteiger partial charge on any atom is 0.144 e. The molecule has 0 aromatic carbocycles. The van der Waals surface area contributed by atoms with E-state index in [0.717, 1.165) is 39.1 Å². The average molecular weight is 273 g/mol. The highest BCUT2D eigenvalue weighted by molar-refractivity contribution is 5.85. The number of amidine groups is 1. The van der Waals surface area contributed by atoms with Gasteiger partial charge in [0, 0.05) is 25.6 Å². The normalized spacial score (nSPS) is 13.5. The van der Waals surface area contributed by atoms with Crippen LogP contribution < -0.4 is 5.73 Å². The third-order valence-corrected chi connectivity index (χ3v) is 3.31. The minimum absolute atomic E-state index is 0.250. The van der Waals surface area contributed by atoms with E-state index in [9.17, 15) is 0 Å². The van der Waals surface area contributed by atoms with Crippen molar-refractivity contribution in [3.63, 3.8) is 0 Å². The van der Waals surface area contributed by atoms with Gasteiger partial charge >= 0.3 is 0 Å². The van der Waals surface area contributed by atoms with Crippen molar-refractivity contribution >= 4 is 5.84 Å². The quantitative estimate of drug-likeness (QED) is 0.277. The molecule has 0 amide bonds. The molecule has 5 nitrogen and oxygen atoms in total. The van der Waals surface area contributed by atoms with Crippen molar-refractivity contribution in [1.82, 2.24) is 4.90 Å². The fraction of sp³-hybridized carbons (Fsp3) is 0.929. The zero-order valence-corrected chi connectivity index (χ0v) is 13.1. The molecule has 114 valence electrons. The van der Waals surface area contributed by atoms with E-state index in [1.807, 2.05) is 13.8 Å². The van der Waals surface area contributed by atoms with Gasteiger partial charge in [-0.3, -0.25) is 0 Å². The molecule has 0 radical (unpaired) electrons. The summed E-state index contributed by atoms with van der Waals surface area (Å²) in [7, 11) is 1.73. The molecule has 0 unspecified atom stereocenters. The van der Waals surface area contributed by atoms with Crippen LogP contribution in [-0.2, 0) is 4.74 Å². The first kappa shape index (κ1) is 18.2. The molecule has 0 rings (SSSR count). The molecule has 0 spiro atoms. The van der Waals surface area contributed by atoms with Gasteiger partial charge in [-0.05, 0) is 25.3 Å². The topological polar surface area (TPSA) is 71.1 Å². The van der Waals surface area contributed by atoms with Crippen molar-refractivity contribution in [3.05, 3.63) is 0 Å². The lowest BCUT2D eigenvalue weighted by Gasteiger charge is -2.27. The Balaban J connectivity index is 4.17. The van der Waals surface area contributed by atoms with E-state index in [2.05, 4.69) is 23.9 Å². The fourth-order valence-corrected chi connectivity index (χ4v) is 2.04. The van der Waals surface area contributed by atoms with Crippen LogP contribution in [0.15, 0.2) is 5.16 Å². The third-order valence-electron chi connectivity index (χ3n) is 3.31. The molecule has 19 heavy (non-hydrogen) atoms. The first-order chi connectivity index (χ1) is 8.83. The van der Waals surface area contributed by atoms with Gasteiger partial charge in [0.15, 0.2) is 0 Å². The van der Waals surface area contributed by atoms with Crippen molar-refractivity contribution in [2.45, 2.75) is 40.5 Å². The smallest absolute Gasteiger partial charge is 0.144 e. The molecular weight excluding hydrogens is 242 g/mol. The Kier molecular flexibility index (Phi) is 8.76. The second-order valence-corrected chi connectivity index (χ2v) is 6.16. The average Bonchev–Trinajstić information content (AvgIpc) is 2.33. The summed E-state index contributed by atoms with van der Waals surface area (Å²) in [6.07, 6.45) is 1.93. The zero-order valence-electron chi connectivity index (χ0n) is 13.1. The maximum absolute atomic E-state index is 8.75. The summed E-state index contributed by atoms with van der Waals surface area (Å²) in [5, 5.41) is 11.9. The predicted molar refractivity (Wildman–Crippen MR) is 79.6 cm³/mol. The minimum atomic E-state index is -0.250. The Labute approximate surface area is 117 Å². The van der Waals surface area contributed by atoms with Gasteiger partial charge in [0.25, 0.3) is 0 Å². The Morgan fingerprint density at radius 2 is 2.00 bits per heavy atom. The number of hydrogen-bond acceptors (Lipinski definition) is 4. The summed E-state index contributed by atoms with van der Waals surface area (Å²) in [6, 6.07) is 0. The van der Waals surface area contributed by atoms with E-state index in [-0.39, 0.29) is 5.41 Å². The molecule has 0 aliphatic rings. The van der Waals surface area contributed by atoms with Gasteiger partial charge in [-0.2, -0.15) is 0 Å². The van der Waals surface area contributed by atoms with Gasteiger partial charge in [0.2, 0.25) is 0 Å². The summed E-state index contributed by atoms with van der Waals surface area (Å²) in [6.45, 7) is 12.3. The Morgan fingerprint density at radius 3 is 2.47 bits per heavy atom. The van der Waals surface area contributed by atoms with Crippen LogP contribution in [0.4, 0.5) is 0 Å². The van der Waals surface area contributed by atoms with Crippen LogP contribution in [0.1, 0.15) is 40.5 Å². The largest absolute Gasteiger partial charge is 0.409 e. The van der Waals surface area contributed by atoms with Crippen LogP contribution in [-0.4, -0.2) is 49.3 Å². The number of methoxy groups -OCH3 is 1. The number of rotatable bonds is 10. The Hall–Kier alpha value is -0.810. The molecule has 0 heterocycles. The summed E-state index contributed by atoms with van der Waals surface area (Å²) < 4.78 is 5.14. The van der Waals surface area contributed by atoms with Gasteiger partial charge in [0.1, 0.15) is 5.84 Å². The number of nitrogens with two attached hydrogens (primary N) is 1. The zero-order chi connectivity index (χ0) is 14.9. The SMILES string of the molecule is COCCN(CCCC(C)(C)C(N)=NO)CC(C)C. The number of oxime groups is 1. The Bertz CT molecular complexity index is 265. The standard InChI is InChI=1S/C14H31N3O2/c1-12(2)11-17(9-10-19-5)8-6-7-14(3,4)13(15)16-18/h12,18H,6-11H2,1-5H3,(H2,15,16). The van der Waals surface area contributed by atoms with Gasteiger partial charge in [-0.25, -0.2) is 0 Å². The molecule has 3 N–H and O–H groups in total. The second-order valence-electron chi connectivity index (χ2n) is 6.16. The van der Waals surface area contributed by atoms with Gasteiger partial charge in [-0.1, -0.05) is 32.9 Å². The maximum atomic E-state index is 8.75. The fourth-order valence-electron chi connectivity index (χ4n) is 2.04. The highest BCUT2D eigenvalue weighted by Crippen LogP contribution is 2.22. The van der Waals surface area contributed by atoms with Crippen LogP contribution in [0.3, 0.4) is 0 Å². The molecule has 5 heteroatoms. The van der Waals surface area contributed by atoms with E-state index in [4.69, 9.17) is 15.7 Å². The molecule has 0 fully saturated rings. The van der Waals surface area contributed by atoms with Crippen molar-refractivity contribution < 1.29 is 9.94 Å². The Morgan fingerprint density at radius 1 is 1.37 bits per heavy atom. The van der Waals surface area contributed by atoms with E-state index in [1.165, 1.54) is 0 Å². The van der Waals surface area contributed by atoms with Crippen LogP contribution in [0, 0.1) is 11.3 Å². The van der Waals surface area contributed by atoms with Crippen molar-refractivity contribution in [3.8, 4) is 0 Å². The van der Waals surface area contributed by atoms with Crippen molar-refractivity contribution in [2.75, 3.05) is 33.4 Å². The van der Waals surface area contributed by atoms with Gasteiger partial charge < -0.3 is 20.6 Å². The molecule has 0 aliphatic carbocycles. The lowest BCUT2D eigenvalue weighted by Crippen LogP contribution is -2.35. The van der Waals surface area contributed by atoms with Crippen LogP contribution in [0.25, 0.3) is 0 Å². The molecule has 0 aliphatic heterocycles. The highest BCUT2D eigenvalue weighted by atomic mass is 16.5. The molecule has 0 saturated carbocycles.